The number of rotatable bonds is 7. The first-order chi connectivity index (χ1) is 12.9. The zero-order chi connectivity index (χ0) is 19.8. The van der Waals surface area contributed by atoms with E-state index in [-0.39, 0.29) is 5.91 Å². The monoisotopic (exact) mass is 369 g/mol. The molecule has 0 N–H and O–H groups in total. The average molecular weight is 369 g/mol. The minimum Gasteiger partial charge on any atom is -0.493 e. The molecule has 0 heterocycles. The quantitative estimate of drug-likeness (QED) is 0.554. The lowest BCUT2D eigenvalue weighted by atomic mass is 10.1. The predicted octanol–water partition coefficient (Wildman–Crippen LogP) is 3.16. The van der Waals surface area contributed by atoms with E-state index in [1.807, 2.05) is 24.3 Å². The van der Waals surface area contributed by atoms with Crippen LogP contribution < -0.4 is 9.47 Å². The molecular formula is C21H23NO5. The molecule has 6 heteroatoms. The van der Waals surface area contributed by atoms with E-state index >= 15 is 0 Å². The van der Waals surface area contributed by atoms with Gasteiger partial charge in [-0.15, -0.1) is 0 Å². The first-order valence-electron chi connectivity index (χ1n) is 8.32. The van der Waals surface area contributed by atoms with Gasteiger partial charge in [-0.2, -0.15) is 0 Å². The minimum atomic E-state index is -0.429. The van der Waals surface area contributed by atoms with Crippen LogP contribution in [0, 0.1) is 0 Å². The summed E-state index contributed by atoms with van der Waals surface area (Å²) in [5, 5.41) is 0. The number of benzene rings is 2. The molecule has 0 aromatic heterocycles. The third-order valence-corrected chi connectivity index (χ3v) is 3.78. The van der Waals surface area contributed by atoms with Crippen molar-refractivity contribution in [2.45, 2.75) is 6.61 Å². The summed E-state index contributed by atoms with van der Waals surface area (Å²) in [6.45, 7) is 0.294. The normalized spacial score (nSPS) is 10.5. The molecule has 2 rings (SSSR count). The van der Waals surface area contributed by atoms with Crippen molar-refractivity contribution in [3.63, 3.8) is 0 Å². The smallest absolute Gasteiger partial charge is 0.330 e. The summed E-state index contributed by atoms with van der Waals surface area (Å²) in [6.07, 6.45) is 2.97. The summed E-state index contributed by atoms with van der Waals surface area (Å²) < 4.78 is 15.8. The van der Waals surface area contributed by atoms with Gasteiger partial charge in [0.2, 0.25) is 0 Å². The Morgan fingerprint density at radius 2 is 1.81 bits per heavy atom. The van der Waals surface area contributed by atoms with Crippen LogP contribution >= 0.6 is 0 Å². The highest BCUT2D eigenvalue weighted by Crippen LogP contribution is 2.29. The number of hydrogen-bond acceptors (Lipinski definition) is 5. The van der Waals surface area contributed by atoms with Gasteiger partial charge in [-0.1, -0.05) is 18.2 Å². The van der Waals surface area contributed by atoms with E-state index in [1.165, 1.54) is 18.1 Å². The van der Waals surface area contributed by atoms with Crippen molar-refractivity contribution in [1.82, 2.24) is 4.90 Å². The maximum absolute atomic E-state index is 12.1. The Balaban J connectivity index is 2.11. The van der Waals surface area contributed by atoms with E-state index < -0.39 is 5.97 Å². The van der Waals surface area contributed by atoms with E-state index in [0.29, 0.717) is 23.7 Å². The standard InChI is InChI=1S/C21H23NO5/c1-22(2)21(24)17-7-5-6-16(12-17)14-27-18-10-8-15(13-19(18)25-3)9-11-20(23)26-4/h5-13H,14H2,1-4H3. The molecule has 0 spiro atoms. The van der Waals surface area contributed by atoms with Crippen LogP contribution in [0.1, 0.15) is 21.5 Å². The Labute approximate surface area is 159 Å². The molecule has 27 heavy (non-hydrogen) atoms. The van der Waals surface area contributed by atoms with Crippen molar-refractivity contribution >= 4 is 18.0 Å². The lowest BCUT2D eigenvalue weighted by Gasteiger charge is -2.13. The van der Waals surface area contributed by atoms with E-state index in [0.717, 1.165) is 11.1 Å². The molecule has 0 atom stereocenters. The maximum atomic E-state index is 12.1. The summed E-state index contributed by atoms with van der Waals surface area (Å²) in [5.74, 6) is 0.622. The third-order valence-electron chi connectivity index (χ3n) is 3.78. The topological polar surface area (TPSA) is 65.1 Å². The number of esters is 1. The molecule has 0 unspecified atom stereocenters. The highest BCUT2D eigenvalue weighted by molar-refractivity contribution is 5.94. The van der Waals surface area contributed by atoms with E-state index in [4.69, 9.17) is 9.47 Å². The Morgan fingerprint density at radius 3 is 2.48 bits per heavy atom. The number of ether oxygens (including phenoxy) is 3. The summed E-state index contributed by atoms with van der Waals surface area (Å²) in [4.78, 5) is 24.8. The van der Waals surface area contributed by atoms with Crippen LogP contribution in [0.15, 0.2) is 48.5 Å². The van der Waals surface area contributed by atoms with Crippen LogP contribution in [-0.2, 0) is 16.1 Å². The summed E-state index contributed by atoms with van der Waals surface area (Å²) in [6, 6.07) is 12.6. The summed E-state index contributed by atoms with van der Waals surface area (Å²) in [5.41, 5.74) is 2.26. The van der Waals surface area contributed by atoms with Gasteiger partial charge in [0.1, 0.15) is 6.61 Å². The van der Waals surface area contributed by atoms with Crippen LogP contribution in [-0.4, -0.2) is 45.1 Å². The van der Waals surface area contributed by atoms with Crippen LogP contribution in [0.2, 0.25) is 0 Å². The van der Waals surface area contributed by atoms with Crippen molar-refractivity contribution in [2.75, 3.05) is 28.3 Å². The van der Waals surface area contributed by atoms with Gasteiger partial charge in [0.15, 0.2) is 11.5 Å². The number of amides is 1. The second-order valence-electron chi connectivity index (χ2n) is 5.96. The maximum Gasteiger partial charge on any atom is 0.330 e. The highest BCUT2D eigenvalue weighted by atomic mass is 16.5. The molecule has 142 valence electrons. The van der Waals surface area contributed by atoms with Gasteiger partial charge in [0.05, 0.1) is 14.2 Å². The zero-order valence-corrected chi connectivity index (χ0v) is 15.9. The fraction of sp³-hybridized carbons (Fsp3) is 0.238. The average Bonchev–Trinajstić information content (AvgIpc) is 2.70. The number of carbonyl (C=O) groups excluding carboxylic acids is 2. The second kappa shape index (κ2) is 9.43. The minimum absolute atomic E-state index is 0.0591. The van der Waals surface area contributed by atoms with Gasteiger partial charge in [0, 0.05) is 25.7 Å². The molecule has 2 aromatic carbocycles. The fourth-order valence-corrected chi connectivity index (χ4v) is 2.35. The van der Waals surface area contributed by atoms with Gasteiger partial charge < -0.3 is 19.1 Å². The van der Waals surface area contributed by atoms with Crippen molar-refractivity contribution < 1.29 is 23.8 Å². The molecular weight excluding hydrogens is 346 g/mol. The fourth-order valence-electron chi connectivity index (χ4n) is 2.35. The van der Waals surface area contributed by atoms with Crippen molar-refractivity contribution in [3.05, 3.63) is 65.2 Å². The van der Waals surface area contributed by atoms with Crippen molar-refractivity contribution in [3.8, 4) is 11.5 Å². The molecule has 0 aliphatic carbocycles. The molecule has 0 fully saturated rings. The molecule has 1 amide bonds. The third kappa shape index (κ3) is 5.60. The van der Waals surface area contributed by atoms with Crippen LogP contribution in [0.25, 0.3) is 6.08 Å². The van der Waals surface area contributed by atoms with E-state index in [9.17, 15) is 9.59 Å². The Morgan fingerprint density at radius 1 is 1.04 bits per heavy atom. The van der Waals surface area contributed by atoms with Gasteiger partial charge in [-0.3, -0.25) is 4.79 Å². The lowest BCUT2D eigenvalue weighted by molar-refractivity contribution is -0.134. The highest BCUT2D eigenvalue weighted by Gasteiger charge is 2.10. The molecule has 0 aliphatic heterocycles. The number of carbonyl (C=O) groups is 2. The Bertz CT molecular complexity index is 842. The first-order valence-corrected chi connectivity index (χ1v) is 8.32. The van der Waals surface area contributed by atoms with Crippen LogP contribution in [0.3, 0.4) is 0 Å². The molecule has 6 nitrogen and oxygen atoms in total. The molecule has 0 aliphatic rings. The van der Waals surface area contributed by atoms with Gasteiger partial charge in [-0.25, -0.2) is 4.79 Å². The van der Waals surface area contributed by atoms with Crippen molar-refractivity contribution in [2.24, 2.45) is 0 Å². The molecule has 0 saturated heterocycles. The SMILES string of the molecule is COC(=O)C=Cc1ccc(OCc2cccc(C(=O)N(C)C)c2)c(OC)c1. The summed E-state index contributed by atoms with van der Waals surface area (Å²) >= 11 is 0. The summed E-state index contributed by atoms with van der Waals surface area (Å²) in [7, 11) is 6.30. The zero-order valence-electron chi connectivity index (χ0n) is 15.9. The van der Waals surface area contributed by atoms with E-state index in [1.54, 1.807) is 45.5 Å². The van der Waals surface area contributed by atoms with Crippen molar-refractivity contribution in [1.29, 1.82) is 0 Å². The molecule has 0 saturated carbocycles. The first kappa shape index (κ1) is 20.0. The van der Waals surface area contributed by atoms with Crippen LogP contribution in [0.4, 0.5) is 0 Å². The molecule has 0 bridgehead atoms. The van der Waals surface area contributed by atoms with Gasteiger partial charge in [0.25, 0.3) is 5.91 Å². The largest absolute Gasteiger partial charge is 0.493 e. The van der Waals surface area contributed by atoms with Gasteiger partial charge in [-0.05, 0) is 41.5 Å². The Kier molecular flexibility index (Phi) is 7.00. The lowest BCUT2D eigenvalue weighted by Crippen LogP contribution is -2.21. The van der Waals surface area contributed by atoms with Gasteiger partial charge >= 0.3 is 5.97 Å². The van der Waals surface area contributed by atoms with Crippen LogP contribution in [0.5, 0.6) is 11.5 Å². The molecule has 0 radical (unpaired) electrons. The Hall–Kier alpha value is -3.28. The number of nitrogens with zero attached hydrogens (tertiary/aromatic N) is 1. The predicted molar refractivity (Wildman–Crippen MR) is 103 cm³/mol. The second-order valence-corrected chi connectivity index (χ2v) is 5.96. The number of methoxy groups -OCH3 is 2. The molecule has 2 aromatic rings. The number of hydrogen-bond donors (Lipinski definition) is 0. The van der Waals surface area contributed by atoms with E-state index in [2.05, 4.69) is 4.74 Å².